The highest BCUT2D eigenvalue weighted by molar-refractivity contribution is 5.96. The van der Waals surface area contributed by atoms with E-state index in [1.807, 2.05) is 42.7 Å². The van der Waals surface area contributed by atoms with Crippen molar-refractivity contribution in [3.63, 3.8) is 0 Å². The van der Waals surface area contributed by atoms with Gasteiger partial charge < -0.3 is 16.8 Å². The Kier molecular flexibility index (Phi) is 6.91. The Balaban J connectivity index is 0.00000220. The summed E-state index contributed by atoms with van der Waals surface area (Å²) in [6.45, 7) is 2.04. The smallest absolute Gasteiger partial charge is 0.305 e. The molecular formula is C15H16ClN3O2. The van der Waals surface area contributed by atoms with Crippen LogP contribution in [0.1, 0.15) is 12.7 Å². The molecule has 2 aromatic heterocycles. The number of hydrogen-bond acceptors (Lipinski definition) is 3. The first-order valence-electron chi connectivity index (χ1n) is 6.23. The number of carbonyl (C=O) groups is 1. The van der Waals surface area contributed by atoms with Gasteiger partial charge in [0.25, 0.3) is 0 Å². The van der Waals surface area contributed by atoms with E-state index in [4.69, 9.17) is 4.42 Å². The van der Waals surface area contributed by atoms with Crippen molar-refractivity contribution < 1.29 is 26.2 Å². The number of halogens is 1. The van der Waals surface area contributed by atoms with Crippen LogP contribution in [0.5, 0.6) is 0 Å². The number of amides is 1. The van der Waals surface area contributed by atoms with Gasteiger partial charge in [-0.05, 0) is 31.2 Å². The lowest BCUT2D eigenvalue weighted by molar-refractivity contribution is -0.684. The second kappa shape index (κ2) is 8.71. The lowest BCUT2D eigenvalue weighted by Gasteiger charge is -1.97. The van der Waals surface area contributed by atoms with Gasteiger partial charge in [-0.1, -0.05) is 6.07 Å². The standard InChI is InChI=1S/C15H15N3O2.ClH/c1-13(7-8-14-6-5-11-20-14)16-17-15(19)12-18-9-3-2-4-10-18;/h2-11H,12H2,1H3;1H. The number of furan rings is 1. The minimum Gasteiger partial charge on any atom is -1.00 e. The van der Waals surface area contributed by atoms with Crippen molar-refractivity contribution in [2.24, 2.45) is 5.10 Å². The first kappa shape index (κ1) is 16.7. The summed E-state index contributed by atoms with van der Waals surface area (Å²) in [5.41, 5.74) is 3.20. The fraction of sp³-hybridized carbons (Fsp3) is 0.133. The molecule has 2 aromatic rings. The van der Waals surface area contributed by atoms with Crippen molar-refractivity contribution in [3.8, 4) is 0 Å². The zero-order valence-corrected chi connectivity index (χ0v) is 12.3. The van der Waals surface area contributed by atoms with Gasteiger partial charge in [-0.3, -0.25) is 4.79 Å². The monoisotopic (exact) mass is 305 g/mol. The highest BCUT2D eigenvalue weighted by Gasteiger charge is 2.06. The van der Waals surface area contributed by atoms with Crippen molar-refractivity contribution in [1.82, 2.24) is 5.43 Å². The van der Waals surface area contributed by atoms with E-state index in [0.717, 1.165) is 5.76 Å². The van der Waals surface area contributed by atoms with Crippen LogP contribution in [0.4, 0.5) is 0 Å². The molecule has 1 N–H and O–H groups in total. The molecule has 0 atom stereocenters. The molecule has 0 aliphatic carbocycles. The second-order valence-electron chi connectivity index (χ2n) is 4.18. The molecule has 0 radical (unpaired) electrons. The van der Waals surface area contributed by atoms with Crippen molar-refractivity contribution in [1.29, 1.82) is 0 Å². The van der Waals surface area contributed by atoms with Gasteiger partial charge in [0, 0.05) is 12.1 Å². The van der Waals surface area contributed by atoms with Gasteiger partial charge in [-0.25, -0.2) is 5.43 Å². The molecule has 0 saturated heterocycles. The largest absolute Gasteiger partial charge is 1.00 e. The number of rotatable bonds is 5. The fourth-order valence-electron chi connectivity index (χ4n) is 1.52. The van der Waals surface area contributed by atoms with Gasteiger partial charge in [-0.2, -0.15) is 9.67 Å². The van der Waals surface area contributed by atoms with E-state index in [1.54, 1.807) is 29.9 Å². The van der Waals surface area contributed by atoms with Crippen LogP contribution in [0.2, 0.25) is 0 Å². The van der Waals surface area contributed by atoms with Crippen molar-refractivity contribution >= 4 is 17.7 Å². The summed E-state index contributed by atoms with van der Waals surface area (Å²) in [5, 5.41) is 3.99. The summed E-state index contributed by atoms with van der Waals surface area (Å²) in [7, 11) is 0. The van der Waals surface area contributed by atoms with Crippen LogP contribution in [0.15, 0.2) is 64.6 Å². The highest BCUT2D eigenvalue weighted by atomic mass is 35.5. The van der Waals surface area contributed by atoms with Crippen LogP contribution >= 0.6 is 0 Å². The zero-order chi connectivity index (χ0) is 14.2. The normalized spacial score (nSPS) is 11.2. The van der Waals surface area contributed by atoms with E-state index in [9.17, 15) is 4.79 Å². The number of carbonyl (C=O) groups excluding carboxylic acids is 1. The van der Waals surface area contributed by atoms with E-state index in [0.29, 0.717) is 5.71 Å². The van der Waals surface area contributed by atoms with Gasteiger partial charge in [-0.15, -0.1) is 0 Å². The van der Waals surface area contributed by atoms with Gasteiger partial charge in [0.15, 0.2) is 12.4 Å². The number of aromatic nitrogens is 1. The van der Waals surface area contributed by atoms with E-state index in [-0.39, 0.29) is 24.9 Å². The summed E-state index contributed by atoms with van der Waals surface area (Å²) < 4.78 is 6.93. The third-order valence-electron chi connectivity index (χ3n) is 2.49. The van der Waals surface area contributed by atoms with E-state index < -0.39 is 0 Å². The summed E-state index contributed by atoms with van der Waals surface area (Å²) in [6, 6.07) is 9.29. The molecule has 0 fully saturated rings. The lowest BCUT2D eigenvalue weighted by Crippen LogP contribution is -3.00. The third-order valence-corrected chi connectivity index (χ3v) is 2.49. The van der Waals surface area contributed by atoms with E-state index >= 15 is 0 Å². The number of hydrogen-bond donors (Lipinski definition) is 1. The quantitative estimate of drug-likeness (QED) is 0.427. The Bertz CT molecular complexity index is 607. The van der Waals surface area contributed by atoms with E-state index in [1.165, 1.54) is 0 Å². The van der Waals surface area contributed by atoms with Gasteiger partial charge >= 0.3 is 5.91 Å². The third kappa shape index (κ3) is 6.05. The van der Waals surface area contributed by atoms with Crippen LogP contribution in [-0.2, 0) is 11.3 Å². The maximum absolute atomic E-state index is 11.7. The molecule has 0 spiro atoms. The predicted octanol–water partition coefficient (Wildman–Crippen LogP) is -1.22. The Morgan fingerprint density at radius 1 is 1.33 bits per heavy atom. The Labute approximate surface area is 129 Å². The molecule has 2 heterocycles. The number of allylic oxidation sites excluding steroid dienone is 1. The Morgan fingerprint density at radius 3 is 2.76 bits per heavy atom. The molecule has 5 nitrogen and oxygen atoms in total. The van der Waals surface area contributed by atoms with Crippen LogP contribution in [0, 0.1) is 0 Å². The number of hydrazone groups is 1. The Morgan fingerprint density at radius 2 is 2.10 bits per heavy atom. The molecule has 110 valence electrons. The molecule has 0 aliphatic rings. The van der Waals surface area contributed by atoms with E-state index in [2.05, 4.69) is 10.5 Å². The highest BCUT2D eigenvalue weighted by Crippen LogP contribution is 2.02. The SMILES string of the molecule is CC(C=Cc1ccco1)=NNC(=O)C[n+]1ccccc1.[Cl-]. The average Bonchev–Trinajstić information content (AvgIpc) is 2.97. The molecule has 0 bridgehead atoms. The van der Waals surface area contributed by atoms with Crippen molar-refractivity contribution in [3.05, 3.63) is 60.8 Å². The molecule has 0 aromatic carbocycles. The fourth-order valence-corrected chi connectivity index (χ4v) is 1.52. The number of nitrogens with zero attached hydrogens (tertiary/aromatic N) is 2. The maximum atomic E-state index is 11.7. The molecule has 0 unspecified atom stereocenters. The summed E-state index contributed by atoms with van der Waals surface area (Å²) >= 11 is 0. The van der Waals surface area contributed by atoms with Crippen molar-refractivity contribution in [2.45, 2.75) is 13.5 Å². The minimum absolute atomic E-state index is 0. The van der Waals surface area contributed by atoms with Crippen LogP contribution in [0.3, 0.4) is 0 Å². The summed E-state index contributed by atoms with van der Waals surface area (Å²) in [5.74, 6) is 0.567. The van der Waals surface area contributed by atoms with Gasteiger partial charge in [0.2, 0.25) is 6.54 Å². The molecule has 1 amide bonds. The maximum Gasteiger partial charge on any atom is 0.305 e. The molecule has 0 saturated carbocycles. The van der Waals surface area contributed by atoms with Crippen LogP contribution < -0.4 is 22.4 Å². The molecular weight excluding hydrogens is 290 g/mol. The number of pyridine rings is 1. The molecule has 6 heteroatoms. The lowest BCUT2D eigenvalue weighted by atomic mass is 10.3. The minimum atomic E-state index is -0.174. The topological polar surface area (TPSA) is 58.5 Å². The van der Waals surface area contributed by atoms with Gasteiger partial charge in [0.1, 0.15) is 5.76 Å². The molecule has 0 aliphatic heterocycles. The van der Waals surface area contributed by atoms with Crippen LogP contribution in [0.25, 0.3) is 6.08 Å². The first-order valence-corrected chi connectivity index (χ1v) is 6.23. The summed E-state index contributed by atoms with van der Waals surface area (Å²) in [4.78, 5) is 11.7. The second-order valence-corrected chi connectivity index (χ2v) is 4.18. The zero-order valence-electron chi connectivity index (χ0n) is 11.6. The molecule has 21 heavy (non-hydrogen) atoms. The summed E-state index contributed by atoms with van der Waals surface area (Å²) in [6.07, 6.45) is 8.82. The van der Waals surface area contributed by atoms with Crippen molar-refractivity contribution in [2.75, 3.05) is 0 Å². The average molecular weight is 306 g/mol. The first-order chi connectivity index (χ1) is 9.74. The number of nitrogens with one attached hydrogen (secondary N) is 1. The van der Waals surface area contributed by atoms with Crippen LogP contribution in [-0.4, -0.2) is 11.6 Å². The van der Waals surface area contributed by atoms with Gasteiger partial charge in [0.05, 0.1) is 12.0 Å². The predicted molar refractivity (Wildman–Crippen MR) is 75.6 cm³/mol. The Hall–Kier alpha value is -2.40. The molecule has 2 rings (SSSR count).